The largest absolute Gasteiger partial charge is 0.378 e. The van der Waals surface area contributed by atoms with Gasteiger partial charge in [-0.3, -0.25) is 9.10 Å². The van der Waals surface area contributed by atoms with E-state index in [1.54, 1.807) is 48.5 Å². The molecule has 0 radical (unpaired) electrons. The van der Waals surface area contributed by atoms with Crippen LogP contribution in [0.5, 0.6) is 0 Å². The lowest BCUT2D eigenvalue weighted by Gasteiger charge is -2.20. The van der Waals surface area contributed by atoms with Gasteiger partial charge in [-0.25, -0.2) is 8.42 Å². The van der Waals surface area contributed by atoms with E-state index < -0.39 is 10.0 Å². The van der Waals surface area contributed by atoms with Crippen molar-refractivity contribution in [2.45, 2.75) is 18.4 Å². The maximum absolute atomic E-state index is 12.9. The predicted octanol–water partition coefficient (Wildman–Crippen LogP) is 3.82. The van der Waals surface area contributed by atoms with Crippen molar-refractivity contribution in [2.75, 3.05) is 30.3 Å². The molecule has 0 saturated carbocycles. The Hall–Kier alpha value is -3.32. The molecular formula is C24H27N3O3S. The molecule has 31 heavy (non-hydrogen) atoms. The molecule has 3 aromatic carbocycles. The summed E-state index contributed by atoms with van der Waals surface area (Å²) < 4.78 is 27.1. The van der Waals surface area contributed by atoms with Gasteiger partial charge in [0.1, 0.15) is 0 Å². The monoisotopic (exact) mass is 437 g/mol. The Bertz CT molecular complexity index is 1160. The Morgan fingerprint density at radius 2 is 1.52 bits per heavy atom. The van der Waals surface area contributed by atoms with Crippen molar-refractivity contribution in [3.8, 4) is 0 Å². The number of benzene rings is 3. The van der Waals surface area contributed by atoms with E-state index in [4.69, 9.17) is 0 Å². The molecule has 1 amide bonds. The molecule has 162 valence electrons. The summed E-state index contributed by atoms with van der Waals surface area (Å²) in [5, 5.41) is 2.89. The number of anilines is 2. The highest BCUT2D eigenvalue weighted by atomic mass is 32.2. The van der Waals surface area contributed by atoms with Crippen LogP contribution in [0.1, 0.15) is 21.5 Å². The number of nitrogens with zero attached hydrogens (tertiary/aromatic N) is 2. The van der Waals surface area contributed by atoms with E-state index in [0.717, 1.165) is 16.8 Å². The van der Waals surface area contributed by atoms with Gasteiger partial charge in [0.05, 0.1) is 10.6 Å². The third-order valence-corrected chi connectivity index (χ3v) is 6.86. The summed E-state index contributed by atoms with van der Waals surface area (Å²) in [5.41, 5.74) is 3.86. The first-order chi connectivity index (χ1) is 14.7. The van der Waals surface area contributed by atoms with Gasteiger partial charge in [-0.2, -0.15) is 0 Å². The van der Waals surface area contributed by atoms with Gasteiger partial charge in [-0.05, 0) is 55.0 Å². The zero-order valence-corrected chi connectivity index (χ0v) is 19.0. The van der Waals surface area contributed by atoms with Gasteiger partial charge < -0.3 is 10.2 Å². The second-order valence-electron chi connectivity index (χ2n) is 7.58. The van der Waals surface area contributed by atoms with E-state index in [0.29, 0.717) is 17.8 Å². The number of nitrogens with one attached hydrogen (secondary N) is 1. The number of hydrogen-bond donors (Lipinski definition) is 1. The van der Waals surface area contributed by atoms with Crippen LogP contribution in [0.4, 0.5) is 11.4 Å². The first kappa shape index (κ1) is 22.4. The Morgan fingerprint density at radius 1 is 0.871 bits per heavy atom. The lowest BCUT2D eigenvalue weighted by molar-refractivity contribution is 0.0951. The Kier molecular flexibility index (Phi) is 6.65. The molecule has 0 unspecified atom stereocenters. The third kappa shape index (κ3) is 5.24. The molecule has 3 aromatic rings. The Morgan fingerprint density at radius 3 is 2.13 bits per heavy atom. The molecule has 0 saturated heterocycles. The molecule has 0 aliphatic carbocycles. The molecule has 0 bridgehead atoms. The van der Waals surface area contributed by atoms with Crippen LogP contribution in [0, 0.1) is 6.92 Å². The fourth-order valence-corrected chi connectivity index (χ4v) is 4.23. The molecule has 0 aromatic heterocycles. The van der Waals surface area contributed by atoms with E-state index in [9.17, 15) is 13.2 Å². The smallest absolute Gasteiger partial charge is 0.264 e. The van der Waals surface area contributed by atoms with E-state index in [2.05, 4.69) is 5.32 Å². The maximum atomic E-state index is 12.9. The number of sulfonamides is 1. The summed E-state index contributed by atoms with van der Waals surface area (Å²) >= 11 is 0. The number of rotatable bonds is 7. The van der Waals surface area contributed by atoms with Gasteiger partial charge in [-0.1, -0.05) is 35.9 Å². The highest BCUT2D eigenvalue weighted by Crippen LogP contribution is 2.23. The molecule has 0 atom stereocenters. The normalized spacial score (nSPS) is 11.1. The minimum atomic E-state index is -3.72. The van der Waals surface area contributed by atoms with E-state index in [1.165, 1.54) is 11.4 Å². The molecule has 6 nitrogen and oxygen atoms in total. The minimum Gasteiger partial charge on any atom is -0.378 e. The summed E-state index contributed by atoms with van der Waals surface area (Å²) in [7, 11) is 1.71. The quantitative estimate of drug-likeness (QED) is 0.610. The van der Waals surface area contributed by atoms with E-state index in [-0.39, 0.29) is 10.8 Å². The summed E-state index contributed by atoms with van der Waals surface area (Å²) in [6.45, 7) is 2.28. The molecule has 0 spiro atoms. The van der Waals surface area contributed by atoms with Gasteiger partial charge in [0.15, 0.2) is 0 Å². The molecule has 3 rings (SSSR count). The van der Waals surface area contributed by atoms with Crippen molar-refractivity contribution < 1.29 is 13.2 Å². The standard InChI is InChI=1S/C24H27N3O3S/c1-18-8-14-23(15-9-18)31(29,30)27(4)22-7-5-6-20(16-22)24(28)25-17-19-10-12-21(13-11-19)26(2)3/h5-16H,17H2,1-4H3,(H,25,28). The van der Waals surface area contributed by atoms with Gasteiger partial charge in [0, 0.05) is 38.9 Å². The van der Waals surface area contributed by atoms with E-state index in [1.807, 2.05) is 50.2 Å². The number of carbonyl (C=O) groups excluding carboxylic acids is 1. The molecular weight excluding hydrogens is 410 g/mol. The topological polar surface area (TPSA) is 69.7 Å². The van der Waals surface area contributed by atoms with Crippen molar-refractivity contribution in [3.63, 3.8) is 0 Å². The summed E-state index contributed by atoms with van der Waals surface area (Å²) in [6.07, 6.45) is 0. The zero-order valence-electron chi connectivity index (χ0n) is 18.2. The molecule has 0 aliphatic rings. The molecule has 0 aliphatic heterocycles. The SMILES string of the molecule is Cc1ccc(S(=O)(=O)N(C)c2cccc(C(=O)NCc3ccc(N(C)C)cc3)c2)cc1. The minimum absolute atomic E-state index is 0.205. The van der Waals surface area contributed by atoms with Gasteiger partial charge >= 0.3 is 0 Å². The lowest BCUT2D eigenvalue weighted by Crippen LogP contribution is -2.27. The number of carbonyl (C=O) groups is 1. The van der Waals surface area contributed by atoms with Crippen LogP contribution in [-0.4, -0.2) is 35.5 Å². The van der Waals surface area contributed by atoms with Crippen LogP contribution in [0.25, 0.3) is 0 Å². The first-order valence-corrected chi connectivity index (χ1v) is 11.3. The first-order valence-electron chi connectivity index (χ1n) is 9.88. The van der Waals surface area contributed by atoms with E-state index >= 15 is 0 Å². The summed E-state index contributed by atoms with van der Waals surface area (Å²) in [4.78, 5) is 14.9. The van der Waals surface area contributed by atoms with Crippen LogP contribution in [0.2, 0.25) is 0 Å². The second-order valence-corrected chi connectivity index (χ2v) is 9.55. The predicted molar refractivity (Wildman–Crippen MR) is 125 cm³/mol. The fraction of sp³-hybridized carbons (Fsp3) is 0.208. The lowest BCUT2D eigenvalue weighted by atomic mass is 10.1. The van der Waals surface area contributed by atoms with Crippen LogP contribution in [0.3, 0.4) is 0 Å². The number of aryl methyl sites for hydroxylation is 1. The average Bonchev–Trinajstić information content (AvgIpc) is 2.77. The van der Waals surface area contributed by atoms with Crippen molar-refractivity contribution in [1.29, 1.82) is 0 Å². The summed E-state index contributed by atoms with van der Waals surface area (Å²) in [6, 6.07) is 21.2. The third-order valence-electron chi connectivity index (χ3n) is 5.06. The number of hydrogen-bond acceptors (Lipinski definition) is 4. The average molecular weight is 438 g/mol. The molecule has 0 fully saturated rings. The van der Waals surface area contributed by atoms with Gasteiger partial charge in [0.2, 0.25) is 0 Å². The van der Waals surface area contributed by atoms with Gasteiger partial charge in [-0.15, -0.1) is 0 Å². The van der Waals surface area contributed by atoms with Crippen molar-refractivity contribution in [1.82, 2.24) is 5.32 Å². The van der Waals surface area contributed by atoms with Crippen LogP contribution in [0.15, 0.2) is 77.7 Å². The summed E-state index contributed by atoms with van der Waals surface area (Å²) in [5.74, 6) is -0.264. The zero-order chi connectivity index (χ0) is 22.6. The molecule has 7 heteroatoms. The van der Waals surface area contributed by atoms with Crippen molar-refractivity contribution in [2.24, 2.45) is 0 Å². The molecule has 0 heterocycles. The highest BCUT2D eigenvalue weighted by Gasteiger charge is 2.21. The Labute approximate surface area is 184 Å². The van der Waals surface area contributed by atoms with Crippen LogP contribution < -0.4 is 14.5 Å². The van der Waals surface area contributed by atoms with Crippen LogP contribution >= 0.6 is 0 Å². The second kappa shape index (κ2) is 9.22. The molecule has 1 N–H and O–H groups in total. The van der Waals surface area contributed by atoms with Crippen LogP contribution in [-0.2, 0) is 16.6 Å². The van der Waals surface area contributed by atoms with Crippen molar-refractivity contribution >= 4 is 27.3 Å². The number of amides is 1. The highest BCUT2D eigenvalue weighted by molar-refractivity contribution is 7.92. The maximum Gasteiger partial charge on any atom is 0.264 e. The fourth-order valence-electron chi connectivity index (χ4n) is 3.05. The van der Waals surface area contributed by atoms with Gasteiger partial charge in [0.25, 0.3) is 15.9 Å². The van der Waals surface area contributed by atoms with Crippen molar-refractivity contribution in [3.05, 3.63) is 89.5 Å². The Balaban J connectivity index is 1.72.